The standard InChI is InChI=1S/C15H17N5/c1-4-5-18-15-11(3)10(2)14(19-20-15)13-6-12(7-16)8-17-9-13/h6,8-9H,4-5H2,1-3H3,(H,18,20). The molecule has 0 aliphatic heterocycles. The average molecular weight is 267 g/mol. The number of anilines is 1. The number of nitrogens with zero attached hydrogens (tertiary/aromatic N) is 4. The van der Waals surface area contributed by atoms with Crippen molar-refractivity contribution in [3.05, 3.63) is 35.2 Å². The van der Waals surface area contributed by atoms with Gasteiger partial charge in [-0.3, -0.25) is 4.98 Å². The maximum atomic E-state index is 8.94. The maximum Gasteiger partial charge on any atom is 0.151 e. The van der Waals surface area contributed by atoms with Gasteiger partial charge in [0.05, 0.1) is 11.3 Å². The molecule has 0 radical (unpaired) electrons. The molecule has 102 valence electrons. The quantitative estimate of drug-likeness (QED) is 0.922. The Morgan fingerprint density at radius 1 is 1.20 bits per heavy atom. The Labute approximate surface area is 118 Å². The topological polar surface area (TPSA) is 74.5 Å². The molecule has 20 heavy (non-hydrogen) atoms. The van der Waals surface area contributed by atoms with Crippen LogP contribution in [0.5, 0.6) is 0 Å². The Bertz CT molecular complexity index is 658. The van der Waals surface area contributed by atoms with Crippen molar-refractivity contribution in [3.63, 3.8) is 0 Å². The Morgan fingerprint density at radius 3 is 2.70 bits per heavy atom. The van der Waals surface area contributed by atoms with Gasteiger partial charge in [-0.05, 0) is 37.5 Å². The summed E-state index contributed by atoms with van der Waals surface area (Å²) in [5, 5.41) is 20.7. The van der Waals surface area contributed by atoms with Gasteiger partial charge in [0.1, 0.15) is 6.07 Å². The fraction of sp³-hybridized carbons (Fsp3) is 0.333. The molecule has 5 nitrogen and oxygen atoms in total. The van der Waals surface area contributed by atoms with Crippen molar-refractivity contribution < 1.29 is 0 Å². The molecular weight excluding hydrogens is 250 g/mol. The van der Waals surface area contributed by atoms with E-state index in [1.807, 2.05) is 13.8 Å². The van der Waals surface area contributed by atoms with E-state index in [1.54, 1.807) is 12.3 Å². The predicted molar refractivity (Wildman–Crippen MR) is 78.2 cm³/mol. The predicted octanol–water partition coefficient (Wildman–Crippen LogP) is 2.85. The third-order valence-corrected chi connectivity index (χ3v) is 3.21. The zero-order valence-corrected chi connectivity index (χ0v) is 11.9. The summed E-state index contributed by atoms with van der Waals surface area (Å²) < 4.78 is 0. The summed E-state index contributed by atoms with van der Waals surface area (Å²) in [6, 6.07) is 3.87. The van der Waals surface area contributed by atoms with Gasteiger partial charge in [-0.1, -0.05) is 6.92 Å². The molecule has 1 N–H and O–H groups in total. The van der Waals surface area contributed by atoms with Crippen LogP contribution < -0.4 is 5.32 Å². The molecule has 0 bridgehead atoms. The van der Waals surface area contributed by atoms with Gasteiger partial charge in [0.2, 0.25) is 0 Å². The number of nitrogens with one attached hydrogen (secondary N) is 1. The van der Waals surface area contributed by atoms with Gasteiger partial charge < -0.3 is 5.32 Å². The monoisotopic (exact) mass is 267 g/mol. The molecule has 2 aromatic rings. The third-order valence-electron chi connectivity index (χ3n) is 3.21. The van der Waals surface area contributed by atoms with Crippen LogP contribution in [-0.4, -0.2) is 21.7 Å². The number of hydrogen-bond donors (Lipinski definition) is 1. The van der Waals surface area contributed by atoms with Crippen molar-refractivity contribution >= 4 is 5.82 Å². The van der Waals surface area contributed by atoms with Gasteiger partial charge in [-0.15, -0.1) is 10.2 Å². The zero-order chi connectivity index (χ0) is 14.5. The Balaban J connectivity index is 2.43. The van der Waals surface area contributed by atoms with E-state index in [9.17, 15) is 0 Å². The lowest BCUT2D eigenvalue weighted by Gasteiger charge is -2.12. The van der Waals surface area contributed by atoms with Gasteiger partial charge in [-0.2, -0.15) is 5.26 Å². The van der Waals surface area contributed by atoms with E-state index in [0.717, 1.165) is 41.2 Å². The van der Waals surface area contributed by atoms with Crippen molar-refractivity contribution in [1.29, 1.82) is 5.26 Å². The van der Waals surface area contributed by atoms with Crippen molar-refractivity contribution in [3.8, 4) is 17.3 Å². The van der Waals surface area contributed by atoms with Crippen LogP contribution in [0.15, 0.2) is 18.5 Å². The summed E-state index contributed by atoms with van der Waals surface area (Å²) in [5.74, 6) is 0.817. The molecule has 0 aliphatic carbocycles. The van der Waals surface area contributed by atoms with Crippen molar-refractivity contribution in [2.45, 2.75) is 27.2 Å². The van der Waals surface area contributed by atoms with Gasteiger partial charge in [0.25, 0.3) is 0 Å². The number of aromatic nitrogens is 3. The van der Waals surface area contributed by atoms with Crippen LogP contribution >= 0.6 is 0 Å². The summed E-state index contributed by atoms with van der Waals surface area (Å²) in [7, 11) is 0. The summed E-state index contributed by atoms with van der Waals surface area (Å²) in [4.78, 5) is 4.07. The van der Waals surface area contributed by atoms with Gasteiger partial charge in [0.15, 0.2) is 5.82 Å². The van der Waals surface area contributed by atoms with Gasteiger partial charge >= 0.3 is 0 Å². The summed E-state index contributed by atoms with van der Waals surface area (Å²) in [5.41, 5.74) is 4.24. The minimum Gasteiger partial charge on any atom is -0.368 e. The molecular formula is C15H17N5. The van der Waals surface area contributed by atoms with E-state index in [1.165, 1.54) is 6.20 Å². The minimum atomic E-state index is 0.523. The van der Waals surface area contributed by atoms with Gasteiger partial charge in [0, 0.05) is 24.5 Å². The largest absolute Gasteiger partial charge is 0.368 e. The summed E-state index contributed by atoms with van der Waals surface area (Å²) in [6.45, 7) is 7.01. The lowest BCUT2D eigenvalue weighted by Crippen LogP contribution is -2.07. The highest BCUT2D eigenvalue weighted by atomic mass is 15.2. The first-order valence-electron chi connectivity index (χ1n) is 6.60. The first kappa shape index (κ1) is 13.9. The van der Waals surface area contributed by atoms with E-state index in [-0.39, 0.29) is 0 Å². The molecule has 5 heteroatoms. The molecule has 2 rings (SSSR count). The van der Waals surface area contributed by atoms with Crippen LogP contribution in [0.3, 0.4) is 0 Å². The smallest absolute Gasteiger partial charge is 0.151 e. The normalized spacial score (nSPS) is 10.1. The first-order chi connectivity index (χ1) is 9.67. The first-order valence-corrected chi connectivity index (χ1v) is 6.60. The number of pyridine rings is 1. The molecule has 2 aromatic heterocycles. The molecule has 0 unspecified atom stereocenters. The summed E-state index contributed by atoms with van der Waals surface area (Å²) in [6.07, 6.45) is 4.28. The second-order valence-corrected chi connectivity index (χ2v) is 4.65. The second-order valence-electron chi connectivity index (χ2n) is 4.65. The zero-order valence-electron chi connectivity index (χ0n) is 11.9. The maximum absolute atomic E-state index is 8.94. The highest BCUT2D eigenvalue weighted by molar-refractivity contribution is 5.66. The Hall–Kier alpha value is -2.48. The highest BCUT2D eigenvalue weighted by Crippen LogP contribution is 2.25. The fourth-order valence-electron chi connectivity index (χ4n) is 1.92. The number of hydrogen-bond acceptors (Lipinski definition) is 5. The van der Waals surface area contributed by atoms with E-state index in [2.05, 4.69) is 33.5 Å². The molecule has 0 aliphatic rings. The lowest BCUT2D eigenvalue weighted by molar-refractivity contribution is 0.932. The third kappa shape index (κ3) is 2.75. The molecule has 0 aromatic carbocycles. The molecule has 0 amide bonds. The second kappa shape index (κ2) is 6.11. The molecule has 0 atom stereocenters. The van der Waals surface area contributed by atoms with Gasteiger partial charge in [-0.25, -0.2) is 0 Å². The molecule has 0 saturated heterocycles. The van der Waals surface area contributed by atoms with Crippen LogP contribution in [0.2, 0.25) is 0 Å². The number of nitriles is 1. The average Bonchev–Trinajstić information content (AvgIpc) is 2.49. The van der Waals surface area contributed by atoms with E-state index >= 15 is 0 Å². The Kier molecular flexibility index (Phi) is 4.26. The van der Waals surface area contributed by atoms with Crippen LogP contribution in [0.4, 0.5) is 5.82 Å². The van der Waals surface area contributed by atoms with Crippen molar-refractivity contribution in [2.24, 2.45) is 0 Å². The Morgan fingerprint density at radius 2 is 2.00 bits per heavy atom. The van der Waals surface area contributed by atoms with Crippen molar-refractivity contribution in [2.75, 3.05) is 11.9 Å². The molecule has 0 fully saturated rings. The van der Waals surface area contributed by atoms with Crippen LogP contribution in [0, 0.1) is 25.2 Å². The fourth-order valence-corrected chi connectivity index (χ4v) is 1.92. The minimum absolute atomic E-state index is 0.523. The van der Waals surface area contributed by atoms with E-state index in [0.29, 0.717) is 5.56 Å². The molecule has 0 spiro atoms. The highest BCUT2D eigenvalue weighted by Gasteiger charge is 2.11. The summed E-state index contributed by atoms with van der Waals surface area (Å²) >= 11 is 0. The SMILES string of the molecule is CCCNc1nnc(-c2cncc(C#N)c2)c(C)c1C. The van der Waals surface area contributed by atoms with E-state index < -0.39 is 0 Å². The van der Waals surface area contributed by atoms with Crippen molar-refractivity contribution in [1.82, 2.24) is 15.2 Å². The van der Waals surface area contributed by atoms with Crippen LogP contribution in [0.25, 0.3) is 11.3 Å². The lowest BCUT2D eigenvalue weighted by atomic mass is 10.0. The molecule has 0 saturated carbocycles. The number of rotatable bonds is 4. The van der Waals surface area contributed by atoms with Crippen LogP contribution in [-0.2, 0) is 0 Å². The van der Waals surface area contributed by atoms with Crippen LogP contribution in [0.1, 0.15) is 30.0 Å². The molecule has 2 heterocycles. The van der Waals surface area contributed by atoms with E-state index in [4.69, 9.17) is 5.26 Å².